The van der Waals surface area contributed by atoms with Crippen molar-refractivity contribution in [1.82, 2.24) is 0 Å². The average molecular weight is 289 g/mol. The van der Waals surface area contributed by atoms with E-state index >= 15 is 0 Å². The highest BCUT2D eigenvalue weighted by Crippen LogP contribution is 2.25. The fourth-order valence-electron chi connectivity index (χ4n) is 1.68. The van der Waals surface area contributed by atoms with Crippen molar-refractivity contribution in [3.8, 4) is 5.75 Å². The van der Waals surface area contributed by atoms with Gasteiger partial charge in [-0.1, -0.05) is 41.9 Å². The molecular formula is C16H13ClO3. The van der Waals surface area contributed by atoms with E-state index in [2.05, 4.69) is 0 Å². The summed E-state index contributed by atoms with van der Waals surface area (Å²) in [7, 11) is 0. The smallest absolute Gasteiger partial charge is 0.328 e. The molecule has 102 valence electrons. The van der Waals surface area contributed by atoms with E-state index < -0.39 is 5.97 Å². The lowest BCUT2D eigenvalue weighted by Gasteiger charge is -2.09. The second kappa shape index (κ2) is 6.78. The first kappa shape index (κ1) is 14.2. The van der Waals surface area contributed by atoms with Crippen LogP contribution in [0.25, 0.3) is 6.08 Å². The number of halogens is 1. The van der Waals surface area contributed by atoms with Gasteiger partial charge in [0, 0.05) is 16.7 Å². The van der Waals surface area contributed by atoms with Crippen LogP contribution in [0.15, 0.2) is 54.6 Å². The Kier molecular flexibility index (Phi) is 4.80. The Labute approximate surface area is 122 Å². The van der Waals surface area contributed by atoms with E-state index in [1.807, 2.05) is 30.3 Å². The number of ether oxygens (including phenoxy) is 1. The molecule has 0 heterocycles. The van der Waals surface area contributed by atoms with E-state index in [0.717, 1.165) is 11.6 Å². The quantitative estimate of drug-likeness (QED) is 0.845. The van der Waals surface area contributed by atoms with Crippen molar-refractivity contribution in [3.63, 3.8) is 0 Å². The van der Waals surface area contributed by atoms with E-state index in [1.165, 1.54) is 6.08 Å². The summed E-state index contributed by atoms with van der Waals surface area (Å²) >= 11 is 5.91. The number of hydrogen-bond donors (Lipinski definition) is 1. The minimum atomic E-state index is -1.01. The Morgan fingerprint density at radius 3 is 2.65 bits per heavy atom. The zero-order valence-electron chi connectivity index (χ0n) is 10.6. The lowest BCUT2D eigenvalue weighted by Crippen LogP contribution is -1.97. The molecule has 2 rings (SSSR count). The zero-order valence-corrected chi connectivity index (χ0v) is 11.4. The Morgan fingerprint density at radius 2 is 1.95 bits per heavy atom. The van der Waals surface area contributed by atoms with Gasteiger partial charge in [0.25, 0.3) is 0 Å². The van der Waals surface area contributed by atoms with Crippen LogP contribution in [0.4, 0.5) is 0 Å². The molecule has 0 spiro atoms. The first-order chi connectivity index (χ1) is 9.65. The molecule has 0 fully saturated rings. The molecule has 0 atom stereocenters. The second-order valence-corrected chi connectivity index (χ2v) is 4.56. The molecule has 0 aliphatic carbocycles. The third-order valence-corrected chi connectivity index (χ3v) is 2.85. The van der Waals surface area contributed by atoms with Crippen molar-refractivity contribution in [3.05, 3.63) is 70.8 Å². The van der Waals surface area contributed by atoms with Gasteiger partial charge in [0.05, 0.1) is 0 Å². The molecule has 0 aromatic heterocycles. The molecule has 0 bridgehead atoms. The number of hydrogen-bond acceptors (Lipinski definition) is 2. The van der Waals surface area contributed by atoms with Crippen LogP contribution in [-0.4, -0.2) is 11.1 Å². The first-order valence-electron chi connectivity index (χ1n) is 6.02. The predicted octanol–water partition coefficient (Wildman–Crippen LogP) is 4.02. The number of rotatable bonds is 5. The van der Waals surface area contributed by atoms with Gasteiger partial charge in [0.2, 0.25) is 0 Å². The van der Waals surface area contributed by atoms with Gasteiger partial charge >= 0.3 is 5.97 Å². The van der Waals surface area contributed by atoms with Gasteiger partial charge in [-0.3, -0.25) is 0 Å². The lowest BCUT2D eigenvalue weighted by molar-refractivity contribution is -0.131. The molecule has 20 heavy (non-hydrogen) atoms. The number of carboxylic acids is 1. The number of benzene rings is 2. The molecule has 0 radical (unpaired) electrons. The second-order valence-electron chi connectivity index (χ2n) is 4.13. The van der Waals surface area contributed by atoms with Gasteiger partial charge in [-0.15, -0.1) is 0 Å². The summed E-state index contributed by atoms with van der Waals surface area (Å²) in [6, 6.07) is 14.8. The third kappa shape index (κ3) is 4.14. The van der Waals surface area contributed by atoms with Crippen molar-refractivity contribution in [2.24, 2.45) is 0 Å². The molecule has 0 unspecified atom stereocenters. The van der Waals surface area contributed by atoms with Crippen LogP contribution >= 0.6 is 11.6 Å². The van der Waals surface area contributed by atoms with E-state index in [1.54, 1.807) is 18.2 Å². The van der Waals surface area contributed by atoms with E-state index in [-0.39, 0.29) is 0 Å². The number of carbonyl (C=O) groups is 1. The molecule has 0 saturated heterocycles. The minimum Gasteiger partial charge on any atom is -0.488 e. The summed E-state index contributed by atoms with van der Waals surface area (Å²) in [5.41, 5.74) is 1.67. The minimum absolute atomic E-state index is 0.413. The van der Waals surface area contributed by atoms with Gasteiger partial charge in [-0.05, 0) is 29.8 Å². The number of carboxylic acid groups (broad SMARTS) is 1. The molecule has 4 heteroatoms. The Hall–Kier alpha value is -2.26. The fraction of sp³-hybridized carbons (Fsp3) is 0.0625. The van der Waals surface area contributed by atoms with E-state index in [9.17, 15) is 4.79 Å². The van der Waals surface area contributed by atoms with Crippen molar-refractivity contribution < 1.29 is 14.6 Å². The highest BCUT2D eigenvalue weighted by molar-refractivity contribution is 6.30. The topological polar surface area (TPSA) is 46.5 Å². The number of aliphatic carboxylic acids is 1. The van der Waals surface area contributed by atoms with Gasteiger partial charge in [0.1, 0.15) is 12.4 Å². The summed E-state index contributed by atoms with van der Waals surface area (Å²) in [6.45, 7) is 0.413. The van der Waals surface area contributed by atoms with Gasteiger partial charge in [-0.2, -0.15) is 0 Å². The molecule has 1 N–H and O–H groups in total. The highest BCUT2D eigenvalue weighted by atomic mass is 35.5. The maximum absolute atomic E-state index is 10.6. The fourth-order valence-corrected chi connectivity index (χ4v) is 1.86. The van der Waals surface area contributed by atoms with Crippen LogP contribution in [0.1, 0.15) is 11.1 Å². The normalized spacial score (nSPS) is 10.7. The summed E-state index contributed by atoms with van der Waals surface area (Å²) in [6.07, 6.45) is 2.52. The molecular weight excluding hydrogens is 276 g/mol. The summed E-state index contributed by atoms with van der Waals surface area (Å²) in [4.78, 5) is 10.6. The standard InChI is InChI=1S/C16H13ClO3/c17-14-7-8-15(13(10-14)6-9-16(18)19)20-11-12-4-2-1-3-5-12/h1-10H,11H2,(H,18,19)/b9-6+. The van der Waals surface area contributed by atoms with Crippen LogP contribution in [-0.2, 0) is 11.4 Å². The van der Waals surface area contributed by atoms with Crippen LogP contribution in [0.2, 0.25) is 5.02 Å². The first-order valence-corrected chi connectivity index (χ1v) is 6.40. The van der Waals surface area contributed by atoms with Gasteiger partial charge < -0.3 is 9.84 Å². The van der Waals surface area contributed by atoms with Crippen LogP contribution in [0, 0.1) is 0 Å². The van der Waals surface area contributed by atoms with Crippen molar-refractivity contribution in [2.75, 3.05) is 0 Å². The molecule has 2 aromatic rings. The molecule has 3 nitrogen and oxygen atoms in total. The largest absolute Gasteiger partial charge is 0.488 e. The Balaban J connectivity index is 2.16. The monoisotopic (exact) mass is 288 g/mol. The average Bonchev–Trinajstić information content (AvgIpc) is 2.45. The zero-order chi connectivity index (χ0) is 14.4. The maximum atomic E-state index is 10.6. The maximum Gasteiger partial charge on any atom is 0.328 e. The van der Waals surface area contributed by atoms with Crippen LogP contribution in [0.5, 0.6) is 5.75 Å². The van der Waals surface area contributed by atoms with Gasteiger partial charge in [0.15, 0.2) is 0 Å². The highest BCUT2D eigenvalue weighted by Gasteiger charge is 2.03. The van der Waals surface area contributed by atoms with Gasteiger partial charge in [-0.25, -0.2) is 4.79 Å². The predicted molar refractivity (Wildman–Crippen MR) is 78.9 cm³/mol. The molecule has 0 amide bonds. The van der Waals surface area contributed by atoms with E-state index in [0.29, 0.717) is 22.9 Å². The molecule has 0 saturated carbocycles. The molecule has 0 aliphatic rings. The lowest BCUT2D eigenvalue weighted by atomic mass is 10.2. The summed E-state index contributed by atoms with van der Waals surface area (Å²) in [5, 5.41) is 9.21. The third-order valence-electron chi connectivity index (χ3n) is 2.61. The van der Waals surface area contributed by atoms with E-state index in [4.69, 9.17) is 21.4 Å². The summed E-state index contributed by atoms with van der Waals surface area (Å²) < 4.78 is 5.71. The van der Waals surface area contributed by atoms with Crippen molar-refractivity contribution in [2.45, 2.75) is 6.61 Å². The van der Waals surface area contributed by atoms with Crippen molar-refractivity contribution >= 4 is 23.6 Å². The Bertz CT molecular complexity index is 621. The van der Waals surface area contributed by atoms with Crippen LogP contribution < -0.4 is 4.74 Å². The van der Waals surface area contributed by atoms with Crippen LogP contribution in [0.3, 0.4) is 0 Å². The summed E-state index contributed by atoms with van der Waals surface area (Å²) in [5.74, 6) is -0.422. The Morgan fingerprint density at radius 1 is 1.20 bits per heavy atom. The molecule has 0 aliphatic heterocycles. The SMILES string of the molecule is O=C(O)/C=C/c1cc(Cl)ccc1OCc1ccccc1. The molecule has 2 aromatic carbocycles. The van der Waals surface area contributed by atoms with Crippen molar-refractivity contribution in [1.29, 1.82) is 0 Å².